The van der Waals surface area contributed by atoms with E-state index in [4.69, 9.17) is 10.2 Å². The highest BCUT2D eigenvalue weighted by Crippen LogP contribution is 2.07. The normalized spacial score (nSPS) is 20.1. The molecular formula is C23H50N4O2. The minimum absolute atomic E-state index is 0.299. The number of aliphatic hydroxyl groups is 2. The van der Waals surface area contributed by atoms with Crippen LogP contribution < -0.4 is 0 Å². The Labute approximate surface area is 180 Å². The summed E-state index contributed by atoms with van der Waals surface area (Å²) in [5.41, 5.74) is 0. The predicted molar refractivity (Wildman–Crippen MR) is 124 cm³/mol. The van der Waals surface area contributed by atoms with Crippen molar-refractivity contribution in [3.8, 4) is 0 Å². The van der Waals surface area contributed by atoms with Crippen molar-refractivity contribution < 1.29 is 10.2 Å². The van der Waals surface area contributed by atoms with E-state index in [1.807, 2.05) is 0 Å². The molecule has 0 atom stereocenters. The highest BCUT2D eigenvalue weighted by Gasteiger charge is 2.16. The molecule has 0 aromatic rings. The van der Waals surface area contributed by atoms with Gasteiger partial charge in [0.05, 0.1) is 13.2 Å². The lowest BCUT2D eigenvalue weighted by Gasteiger charge is -2.34. The monoisotopic (exact) mass is 414 g/mol. The fourth-order valence-corrected chi connectivity index (χ4v) is 4.06. The summed E-state index contributed by atoms with van der Waals surface area (Å²) in [5, 5.41) is 17.6. The summed E-state index contributed by atoms with van der Waals surface area (Å²) in [7, 11) is 0. The molecule has 2 fully saturated rings. The van der Waals surface area contributed by atoms with E-state index < -0.39 is 0 Å². The van der Waals surface area contributed by atoms with Gasteiger partial charge in [0.1, 0.15) is 0 Å². The molecule has 2 heterocycles. The average Bonchev–Trinajstić information content (AvgIpc) is 2.72. The molecule has 0 aliphatic carbocycles. The largest absolute Gasteiger partial charge is 0.395 e. The molecule has 0 saturated carbocycles. The second-order valence-corrected chi connectivity index (χ2v) is 9.06. The number of aliphatic hydroxyl groups excluding tert-OH is 2. The SMILES string of the molecule is CC(C)CCCN1CCN(CCO)CC1.CCCCCN1CCN(CCO)CC1. The van der Waals surface area contributed by atoms with Gasteiger partial charge < -0.3 is 20.0 Å². The molecule has 0 unspecified atom stereocenters. The number of nitrogens with zero attached hydrogens (tertiary/aromatic N) is 4. The molecule has 2 rings (SSSR count). The first-order chi connectivity index (χ1) is 14.1. The maximum atomic E-state index is 8.83. The van der Waals surface area contributed by atoms with Crippen LogP contribution in [0.15, 0.2) is 0 Å². The molecule has 0 aromatic carbocycles. The highest BCUT2D eigenvalue weighted by atomic mass is 16.3. The standard InChI is InChI=1S/C12H26N2O.C11H24N2O/c1-12(2)4-3-5-13-6-8-14(9-7-13)10-11-15;1-2-3-4-5-12-6-8-13(9-7-12)10-11-14/h12,15H,3-11H2,1-2H3;14H,2-11H2,1H3. The quantitative estimate of drug-likeness (QED) is 0.475. The van der Waals surface area contributed by atoms with E-state index in [-0.39, 0.29) is 0 Å². The van der Waals surface area contributed by atoms with Crippen molar-refractivity contribution >= 4 is 0 Å². The first-order valence-corrected chi connectivity index (χ1v) is 12.2. The molecule has 0 radical (unpaired) electrons. The first kappa shape index (κ1) is 26.8. The van der Waals surface area contributed by atoms with Gasteiger partial charge in [-0.3, -0.25) is 9.80 Å². The molecule has 0 spiro atoms. The zero-order chi connectivity index (χ0) is 21.3. The molecule has 0 amide bonds. The van der Waals surface area contributed by atoms with Crippen molar-refractivity contribution in [3.05, 3.63) is 0 Å². The van der Waals surface area contributed by atoms with Gasteiger partial charge in [-0.25, -0.2) is 0 Å². The lowest BCUT2D eigenvalue weighted by atomic mass is 10.1. The maximum absolute atomic E-state index is 8.83. The summed E-state index contributed by atoms with van der Waals surface area (Å²) in [5.74, 6) is 0.834. The van der Waals surface area contributed by atoms with Gasteiger partial charge in [-0.1, -0.05) is 33.6 Å². The molecule has 0 bridgehead atoms. The Morgan fingerprint density at radius 1 is 0.586 bits per heavy atom. The van der Waals surface area contributed by atoms with Gasteiger partial charge in [-0.05, 0) is 38.3 Å². The lowest BCUT2D eigenvalue weighted by molar-refractivity contribution is 0.111. The van der Waals surface area contributed by atoms with Gasteiger partial charge >= 0.3 is 0 Å². The predicted octanol–water partition coefficient (Wildman–Crippen LogP) is 1.82. The number of hydrogen-bond acceptors (Lipinski definition) is 6. The van der Waals surface area contributed by atoms with Crippen molar-refractivity contribution in [1.29, 1.82) is 0 Å². The molecule has 2 aliphatic heterocycles. The third-order valence-corrected chi connectivity index (χ3v) is 6.10. The number of β-amino-alcohol motifs (C(OH)–C–C–N with tert-alkyl or cyclic N) is 2. The van der Waals surface area contributed by atoms with E-state index in [2.05, 4.69) is 40.4 Å². The third-order valence-electron chi connectivity index (χ3n) is 6.10. The van der Waals surface area contributed by atoms with E-state index in [1.54, 1.807) is 0 Å². The molecule has 29 heavy (non-hydrogen) atoms. The molecule has 6 nitrogen and oxygen atoms in total. The zero-order valence-electron chi connectivity index (χ0n) is 19.7. The Morgan fingerprint density at radius 2 is 0.966 bits per heavy atom. The van der Waals surface area contributed by atoms with E-state index in [1.165, 1.54) is 71.4 Å². The molecule has 0 aromatic heterocycles. The van der Waals surface area contributed by atoms with Crippen LogP contribution in [0.3, 0.4) is 0 Å². The average molecular weight is 415 g/mol. The van der Waals surface area contributed by atoms with Crippen molar-refractivity contribution in [3.63, 3.8) is 0 Å². The number of hydrogen-bond donors (Lipinski definition) is 2. The second kappa shape index (κ2) is 17.4. The fraction of sp³-hybridized carbons (Fsp3) is 1.00. The third kappa shape index (κ3) is 13.6. The van der Waals surface area contributed by atoms with Crippen molar-refractivity contribution in [2.45, 2.75) is 52.9 Å². The molecular weight excluding hydrogens is 364 g/mol. The molecule has 6 heteroatoms. The number of rotatable bonds is 12. The van der Waals surface area contributed by atoms with Gasteiger partial charge in [-0.15, -0.1) is 0 Å². The van der Waals surface area contributed by atoms with Gasteiger partial charge in [0.15, 0.2) is 0 Å². The summed E-state index contributed by atoms with van der Waals surface area (Å²) in [6.45, 7) is 20.9. The van der Waals surface area contributed by atoms with Crippen LogP contribution in [0, 0.1) is 5.92 Å². The van der Waals surface area contributed by atoms with Gasteiger partial charge in [-0.2, -0.15) is 0 Å². The minimum atomic E-state index is 0.299. The molecule has 2 aliphatic rings. The van der Waals surface area contributed by atoms with Crippen LogP contribution >= 0.6 is 0 Å². The van der Waals surface area contributed by atoms with E-state index in [9.17, 15) is 0 Å². The van der Waals surface area contributed by atoms with Gasteiger partial charge in [0.2, 0.25) is 0 Å². The van der Waals surface area contributed by atoms with Gasteiger partial charge in [0.25, 0.3) is 0 Å². The number of piperazine rings is 2. The Kier molecular flexibility index (Phi) is 16.1. The molecule has 2 N–H and O–H groups in total. The van der Waals surface area contributed by atoms with Crippen LogP contribution in [0.4, 0.5) is 0 Å². The van der Waals surface area contributed by atoms with E-state index >= 15 is 0 Å². The fourth-order valence-electron chi connectivity index (χ4n) is 4.06. The minimum Gasteiger partial charge on any atom is -0.395 e. The highest BCUT2D eigenvalue weighted by molar-refractivity contribution is 4.72. The summed E-state index contributed by atoms with van der Waals surface area (Å²) >= 11 is 0. The molecule has 174 valence electrons. The van der Waals surface area contributed by atoms with Gasteiger partial charge in [0, 0.05) is 65.4 Å². The van der Waals surface area contributed by atoms with Crippen LogP contribution in [-0.2, 0) is 0 Å². The summed E-state index contributed by atoms with van der Waals surface area (Å²) in [4.78, 5) is 9.79. The maximum Gasteiger partial charge on any atom is 0.0558 e. The zero-order valence-corrected chi connectivity index (χ0v) is 19.7. The van der Waals surface area contributed by atoms with Crippen molar-refractivity contribution in [2.24, 2.45) is 5.92 Å². The Hall–Kier alpha value is -0.240. The van der Waals surface area contributed by atoms with Crippen LogP contribution in [0.2, 0.25) is 0 Å². The first-order valence-electron chi connectivity index (χ1n) is 12.2. The van der Waals surface area contributed by atoms with Crippen LogP contribution in [-0.4, -0.2) is 122 Å². The Morgan fingerprint density at radius 3 is 1.31 bits per heavy atom. The van der Waals surface area contributed by atoms with Crippen molar-refractivity contribution in [1.82, 2.24) is 19.6 Å². The summed E-state index contributed by atoms with van der Waals surface area (Å²) in [6, 6.07) is 0. The summed E-state index contributed by atoms with van der Waals surface area (Å²) in [6.07, 6.45) is 6.69. The summed E-state index contributed by atoms with van der Waals surface area (Å²) < 4.78 is 0. The van der Waals surface area contributed by atoms with E-state index in [0.29, 0.717) is 13.2 Å². The molecule has 2 saturated heterocycles. The van der Waals surface area contributed by atoms with Crippen LogP contribution in [0.1, 0.15) is 52.9 Å². The van der Waals surface area contributed by atoms with Crippen LogP contribution in [0.25, 0.3) is 0 Å². The smallest absolute Gasteiger partial charge is 0.0558 e. The van der Waals surface area contributed by atoms with E-state index in [0.717, 1.165) is 45.2 Å². The number of unbranched alkanes of at least 4 members (excludes halogenated alkanes) is 2. The van der Waals surface area contributed by atoms with Crippen LogP contribution in [0.5, 0.6) is 0 Å². The van der Waals surface area contributed by atoms with Crippen molar-refractivity contribution in [2.75, 3.05) is 91.8 Å². The lowest BCUT2D eigenvalue weighted by Crippen LogP contribution is -2.47. The Balaban J connectivity index is 0.000000291. The topological polar surface area (TPSA) is 53.4 Å². The Bertz CT molecular complexity index is 355. The second-order valence-electron chi connectivity index (χ2n) is 9.06.